The van der Waals surface area contributed by atoms with Crippen molar-refractivity contribution in [2.45, 2.75) is 0 Å². The van der Waals surface area contributed by atoms with Crippen molar-refractivity contribution < 1.29 is 12.2 Å². The predicted octanol–water partition coefficient (Wildman–Crippen LogP) is 3.17. The number of para-hydroxylation sites is 1. The second-order valence-corrected chi connectivity index (χ2v) is 2.95. The van der Waals surface area contributed by atoms with Crippen LogP contribution < -0.4 is 7.80 Å². The molecule has 68 valence electrons. The number of benzene rings is 1. The van der Waals surface area contributed by atoms with Gasteiger partial charge in [0.1, 0.15) is 6.26 Å². The van der Waals surface area contributed by atoms with E-state index in [2.05, 4.69) is 0 Å². The fourth-order valence-corrected chi connectivity index (χ4v) is 1.57. The van der Waals surface area contributed by atoms with E-state index in [4.69, 9.17) is 12.2 Å². The molecule has 0 aliphatic rings. The Morgan fingerprint density at radius 2 is 2.15 bits per heavy atom. The maximum absolute atomic E-state index is 5.31. The smallest absolute Gasteiger partial charge is 0.192 e. The first-order valence-electron chi connectivity index (χ1n) is 3.69. The molecule has 0 saturated carbocycles. The molecule has 0 unspecified atom stereocenters. The van der Waals surface area contributed by atoms with E-state index in [-0.39, 0.29) is 0 Å². The van der Waals surface area contributed by atoms with Gasteiger partial charge < -0.3 is 12.2 Å². The molecular weight excluding hydrogens is 283 g/mol. The van der Waals surface area contributed by atoms with Crippen LogP contribution in [0.1, 0.15) is 0 Å². The van der Waals surface area contributed by atoms with E-state index in [0.717, 1.165) is 22.5 Å². The van der Waals surface area contributed by atoms with Crippen molar-refractivity contribution in [3.05, 3.63) is 24.5 Å². The van der Waals surface area contributed by atoms with Crippen LogP contribution in [0.25, 0.3) is 11.0 Å². The summed E-state index contributed by atoms with van der Waals surface area (Å²) in [6.45, 7) is 0. The lowest BCUT2D eigenvalue weighted by molar-refractivity contribution is 0.410. The quantitative estimate of drug-likeness (QED) is 0.796. The Bertz CT molecular complexity index is 422. The van der Waals surface area contributed by atoms with E-state index in [1.807, 2.05) is 41.2 Å². The molecule has 0 aliphatic heterocycles. The van der Waals surface area contributed by atoms with Crippen LogP contribution >= 0.6 is 23.0 Å². The van der Waals surface area contributed by atoms with Gasteiger partial charge in [-0.05, 0) is 12.1 Å². The SMILES string of the molecule is COc1cccc2c(OI)coc12. The number of hydrogen-bond donors (Lipinski definition) is 0. The zero-order valence-electron chi connectivity index (χ0n) is 6.91. The summed E-state index contributed by atoms with van der Waals surface area (Å²) in [5.74, 6) is 1.44. The van der Waals surface area contributed by atoms with Gasteiger partial charge in [-0.1, -0.05) is 6.07 Å². The minimum absolute atomic E-state index is 0.717. The topological polar surface area (TPSA) is 31.6 Å². The number of furan rings is 1. The molecule has 0 atom stereocenters. The molecule has 1 aromatic carbocycles. The Kier molecular flexibility index (Phi) is 2.30. The van der Waals surface area contributed by atoms with Gasteiger partial charge in [0.05, 0.1) is 12.5 Å². The van der Waals surface area contributed by atoms with E-state index >= 15 is 0 Å². The molecule has 0 fully saturated rings. The molecule has 0 bridgehead atoms. The summed E-state index contributed by atoms with van der Waals surface area (Å²) in [7, 11) is 1.61. The van der Waals surface area contributed by atoms with Gasteiger partial charge in [0.15, 0.2) is 40.1 Å². The second-order valence-electron chi connectivity index (χ2n) is 2.51. The molecule has 0 saturated heterocycles. The van der Waals surface area contributed by atoms with Crippen LogP contribution in [0, 0.1) is 0 Å². The molecule has 4 heteroatoms. The number of hydrogen-bond acceptors (Lipinski definition) is 3. The Labute approximate surface area is 89.3 Å². The van der Waals surface area contributed by atoms with Crippen molar-refractivity contribution in [1.82, 2.24) is 0 Å². The van der Waals surface area contributed by atoms with Crippen molar-refractivity contribution in [3.63, 3.8) is 0 Å². The third-order valence-corrected chi connectivity index (χ3v) is 2.31. The van der Waals surface area contributed by atoms with Crippen LogP contribution in [0.3, 0.4) is 0 Å². The maximum Gasteiger partial charge on any atom is 0.192 e. The molecule has 0 aliphatic carbocycles. The van der Waals surface area contributed by atoms with Gasteiger partial charge in [0.2, 0.25) is 0 Å². The first-order chi connectivity index (χ1) is 6.36. The molecule has 0 radical (unpaired) electrons. The highest BCUT2D eigenvalue weighted by atomic mass is 127. The van der Waals surface area contributed by atoms with E-state index in [1.54, 1.807) is 13.4 Å². The minimum Gasteiger partial charge on any atom is -0.493 e. The predicted molar refractivity (Wildman–Crippen MR) is 57.4 cm³/mol. The molecular formula is C9H7IO3. The third kappa shape index (κ3) is 1.35. The largest absolute Gasteiger partial charge is 0.493 e. The van der Waals surface area contributed by atoms with Crippen LogP contribution in [0.5, 0.6) is 11.5 Å². The van der Waals surface area contributed by atoms with E-state index in [0.29, 0.717) is 0 Å². The van der Waals surface area contributed by atoms with Crippen LogP contribution in [0.2, 0.25) is 0 Å². The van der Waals surface area contributed by atoms with E-state index in [9.17, 15) is 0 Å². The van der Waals surface area contributed by atoms with E-state index < -0.39 is 0 Å². The zero-order chi connectivity index (χ0) is 9.26. The van der Waals surface area contributed by atoms with Gasteiger partial charge in [-0.15, -0.1) is 0 Å². The minimum atomic E-state index is 0.717. The number of fused-ring (bicyclic) bond motifs is 1. The highest BCUT2D eigenvalue weighted by molar-refractivity contribution is 14.1. The highest BCUT2D eigenvalue weighted by Gasteiger charge is 2.09. The molecule has 13 heavy (non-hydrogen) atoms. The van der Waals surface area contributed by atoms with Crippen molar-refractivity contribution in [1.29, 1.82) is 0 Å². The van der Waals surface area contributed by atoms with Gasteiger partial charge >= 0.3 is 0 Å². The summed E-state index contributed by atoms with van der Waals surface area (Å²) in [6.07, 6.45) is 1.57. The van der Waals surface area contributed by atoms with Crippen LogP contribution in [-0.2, 0) is 0 Å². The molecule has 0 N–H and O–H groups in total. The fraction of sp³-hybridized carbons (Fsp3) is 0.111. The first kappa shape index (κ1) is 8.68. The average molecular weight is 290 g/mol. The molecule has 0 spiro atoms. The standard InChI is InChI=1S/C9H7IO3/c1-11-7-4-2-3-6-8(13-10)5-12-9(6)7/h2-5H,1H3. The van der Waals surface area contributed by atoms with Gasteiger partial charge in [-0.3, -0.25) is 0 Å². The number of halogens is 1. The van der Waals surface area contributed by atoms with Crippen molar-refractivity contribution in [2.24, 2.45) is 0 Å². The lowest BCUT2D eigenvalue weighted by Gasteiger charge is -1.98. The summed E-state index contributed by atoms with van der Waals surface area (Å²) in [4.78, 5) is 0. The lowest BCUT2D eigenvalue weighted by atomic mass is 10.2. The van der Waals surface area contributed by atoms with Crippen LogP contribution in [0.15, 0.2) is 28.9 Å². The highest BCUT2D eigenvalue weighted by Crippen LogP contribution is 2.34. The number of rotatable bonds is 2. The summed E-state index contributed by atoms with van der Waals surface area (Å²) in [6, 6.07) is 5.67. The Morgan fingerprint density at radius 3 is 2.85 bits per heavy atom. The summed E-state index contributed by atoms with van der Waals surface area (Å²) < 4.78 is 15.5. The Morgan fingerprint density at radius 1 is 1.31 bits per heavy atom. The van der Waals surface area contributed by atoms with E-state index in [1.165, 1.54) is 0 Å². The Hall–Kier alpha value is -0.910. The molecule has 2 aromatic rings. The Balaban J connectivity index is 2.72. The molecule has 0 amide bonds. The van der Waals surface area contributed by atoms with Gasteiger partial charge in [0.25, 0.3) is 0 Å². The van der Waals surface area contributed by atoms with Crippen molar-refractivity contribution in [3.8, 4) is 11.5 Å². The van der Waals surface area contributed by atoms with Crippen molar-refractivity contribution in [2.75, 3.05) is 7.11 Å². The van der Waals surface area contributed by atoms with Gasteiger partial charge in [-0.2, -0.15) is 0 Å². The summed E-state index contributed by atoms with van der Waals surface area (Å²) >= 11 is 1.82. The lowest BCUT2D eigenvalue weighted by Crippen LogP contribution is -1.81. The number of ether oxygens (including phenoxy) is 1. The first-order valence-corrected chi connectivity index (χ1v) is 4.57. The molecule has 1 aromatic heterocycles. The number of methoxy groups -OCH3 is 1. The fourth-order valence-electron chi connectivity index (χ4n) is 1.23. The van der Waals surface area contributed by atoms with Crippen LogP contribution in [0.4, 0.5) is 0 Å². The summed E-state index contributed by atoms with van der Waals surface area (Å²) in [5, 5.41) is 0.925. The molecule has 1 heterocycles. The maximum atomic E-state index is 5.31. The molecule has 3 nitrogen and oxygen atoms in total. The normalized spacial score (nSPS) is 10.3. The third-order valence-electron chi connectivity index (χ3n) is 1.83. The molecule has 2 rings (SSSR count). The zero-order valence-corrected chi connectivity index (χ0v) is 9.07. The second kappa shape index (κ2) is 3.45. The average Bonchev–Trinajstić information content (AvgIpc) is 2.60. The van der Waals surface area contributed by atoms with Crippen molar-refractivity contribution >= 4 is 34.0 Å². The monoisotopic (exact) mass is 290 g/mol. The van der Waals surface area contributed by atoms with Gasteiger partial charge in [-0.25, -0.2) is 0 Å². The van der Waals surface area contributed by atoms with Gasteiger partial charge in [0, 0.05) is 0 Å². The van der Waals surface area contributed by atoms with Crippen LogP contribution in [-0.4, -0.2) is 7.11 Å². The summed E-state index contributed by atoms with van der Waals surface area (Å²) in [5.41, 5.74) is 0.719.